The molecule has 2 N–H and O–H groups in total. The summed E-state index contributed by atoms with van der Waals surface area (Å²) in [6, 6.07) is 8.30. The van der Waals surface area contributed by atoms with Crippen molar-refractivity contribution in [2.75, 3.05) is 19.6 Å². The van der Waals surface area contributed by atoms with E-state index in [2.05, 4.69) is 31.2 Å². The van der Waals surface area contributed by atoms with Gasteiger partial charge in [0.2, 0.25) is 5.91 Å². The molecule has 1 aromatic rings. The van der Waals surface area contributed by atoms with E-state index in [1.807, 2.05) is 18.7 Å². The summed E-state index contributed by atoms with van der Waals surface area (Å²) in [6.45, 7) is 7.97. The zero-order valence-corrected chi connectivity index (χ0v) is 11.6. The van der Waals surface area contributed by atoms with Crippen LogP contribution in [0.5, 0.6) is 0 Å². The summed E-state index contributed by atoms with van der Waals surface area (Å²) in [4.78, 5) is 14.1. The Morgan fingerprint density at radius 2 is 1.78 bits per heavy atom. The Bertz CT molecular complexity index is 369. The van der Waals surface area contributed by atoms with Crippen LogP contribution in [0.3, 0.4) is 0 Å². The third-order valence-electron chi connectivity index (χ3n) is 3.31. The molecule has 0 saturated heterocycles. The number of hydrogen-bond donors (Lipinski definition) is 1. The molecular formula is C15H24N2O. The minimum absolute atomic E-state index is 0.104. The van der Waals surface area contributed by atoms with Crippen LogP contribution in [-0.2, 0) is 11.2 Å². The Morgan fingerprint density at radius 3 is 2.22 bits per heavy atom. The molecule has 0 aromatic heterocycles. The smallest absolute Gasteiger partial charge is 0.227 e. The largest absolute Gasteiger partial charge is 0.343 e. The first-order valence-corrected chi connectivity index (χ1v) is 6.66. The number of carbonyl (C=O) groups excluding carboxylic acids is 1. The van der Waals surface area contributed by atoms with Crippen LogP contribution in [0.15, 0.2) is 24.3 Å². The van der Waals surface area contributed by atoms with Gasteiger partial charge in [-0.1, -0.05) is 29.8 Å². The van der Waals surface area contributed by atoms with Crippen LogP contribution >= 0.6 is 0 Å². The van der Waals surface area contributed by atoms with Gasteiger partial charge in [0.25, 0.3) is 0 Å². The van der Waals surface area contributed by atoms with E-state index < -0.39 is 0 Å². The molecule has 0 saturated carbocycles. The molecule has 0 aliphatic carbocycles. The molecule has 0 spiro atoms. The molecule has 1 unspecified atom stereocenters. The molecule has 3 heteroatoms. The third-order valence-corrected chi connectivity index (χ3v) is 3.31. The highest BCUT2D eigenvalue weighted by atomic mass is 16.2. The number of rotatable bonds is 6. The second kappa shape index (κ2) is 7.17. The number of aryl methyl sites for hydroxylation is 1. The first-order chi connectivity index (χ1) is 8.62. The summed E-state index contributed by atoms with van der Waals surface area (Å²) in [7, 11) is 0. The number of benzene rings is 1. The molecule has 1 rings (SSSR count). The summed E-state index contributed by atoms with van der Waals surface area (Å²) in [5.41, 5.74) is 8.16. The van der Waals surface area contributed by atoms with Gasteiger partial charge in [0, 0.05) is 19.6 Å². The van der Waals surface area contributed by atoms with Crippen molar-refractivity contribution in [3.8, 4) is 0 Å². The van der Waals surface area contributed by atoms with Crippen LogP contribution < -0.4 is 5.73 Å². The van der Waals surface area contributed by atoms with Gasteiger partial charge in [0.1, 0.15) is 0 Å². The Labute approximate surface area is 110 Å². The van der Waals surface area contributed by atoms with Gasteiger partial charge in [-0.3, -0.25) is 4.79 Å². The average Bonchev–Trinajstić information content (AvgIpc) is 2.39. The second-order valence-corrected chi connectivity index (χ2v) is 4.63. The van der Waals surface area contributed by atoms with Crippen LogP contribution in [0.4, 0.5) is 0 Å². The summed E-state index contributed by atoms with van der Waals surface area (Å²) in [6.07, 6.45) is 0.728. The number of amides is 1. The third kappa shape index (κ3) is 3.84. The van der Waals surface area contributed by atoms with Crippen LogP contribution in [0, 0.1) is 12.8 Å². The fourth-order valence-corrected chi connectivity index (χ4v) is 2.07. The monoisotopic (exact) mass is 248 g/mol. The van der Waals surface area contributed by atoms with Crippen molar-refractivity contribution >= 4 is 5.91 Å². The lowest BCUT2D eigenvalue weighted by atomic mass is 9.97. The van der Waals surface area contributed by atoms with Gasteiger partial charge in [-0.05, 0) is 32.8 Å². The van der Waals surface area contributed by atoms with Gasteiger partial charge in [-0.2, -0.15) is 0 Å². The minimum Gasteiger partial charge on any atom is -0.343 e. The molecule has 100 valence electrons. The molecule has 0 heterocycles. The van der Waals surface area contributed by atoms with E-state index in [9.17, 15) is 4.79 Å². The van der Waals surface area contributed by atoms with E-state index in [1.54, 1.807) is 0 Å². The van der Waals surface area contributed by atoms with Crippen molar-refractivity contribution in [3.63, 3.8) is 0 Å². The molecule has 0 radical (unpaired) electrons. The lowest BCUT2D eigenvalue weighted by Gasteiger charge is -2.24. The molecule has 0 aliphatic rings. The quantitative estimate of drug-likeness (QED) is 0.836. The maximum Gasteiger partial charge on any atom is 0.227 e. The fraction of sp³-hybridized carbons (Fsp3) is 0.533. The van der Waals surface area contributed by atoms with E-state index in [-0.39, 0.29) is 11.8 Å². The zero-order chi connectivity index (χ0) is 13.5. The number of carbonyl (C=O) groups is 1. The predicted octanol–water partition coefficient (Wildman–Crippen LogP) is 1.98. The van der Waals surface area contributed by atoms with Crippen LogP contribution in [0.2, 0.25) is 0 Å². The number of nitrogens with two attached hydrogens (primary N) is 1. The zero-order valence-electron chi connectivity index (χ0n) is 11.6. The molecule has 3 nitrogen and oxygen atoms in total. The molecule has 0 aliphatic heterocycles. The average molecular weight is 248 g/mol. The SMILES string of the molecule is CCN(CC)C(=O)C(CN)Cc1ccc(C)cc1. The highest BCUT2D eigenvalue weighted by molar-refractivity contribution is 5.79. The van der Waals surface area contributed by atoms with E-state index in [1.165, 1.54) is 11.1 Å². The Morgan fingerprint density at radius 1 is 1.22 bits per heavy atom. The molecule has 18 heavy (non-hydrogen) atoms. The van der Waals surface area contributed by atoms with Crippen LogP contribution in [0.1, 0.15) is 25.0 Å². The van der Waals surface area contributed by atoms with Crippen molar-refractivity contribution in [1.29, 1.82) is 0 Å². The van der Waals surface area contributed by atoms with Crippen LogP contribution in [-0.4, -0.2) is 30.4 Å². The van der Waals surface area contributed by atoms with Gasteiger partial charge in [-0.25, -0.2) is 0 Å². The molecule has 0 bridgehead atoms. The number of hydrogen-bond acceptors (Lipinski definition) is 2. The Hall–Kier alpha value is -1.35. The van der Waals surface area contributed by atoms with E-state index >= 15 is 0 Å². The topological polar surface area (TPSA) is 46.3 Å². The molecule has 1 aromatic carbocycles. The van der Waals surface area contributed by atoms with Crippen molar-refractivity contribution in [2.24, 2.45) is 11.7 Å². The first kappa shape index (κ1) is 14.7. The molecule has 0 fully saturated rings. The van der Waals surface area contributed by atoms with Crippen molar-refractivity contribution in [2.45, 2.75) is 27.2 Å². The molecule has 1 amide bonds. The van der Waals surface area contributed by atoms with E-state index in [4.69, 9.17) is 5.73 Å². The maximum absolute atomic E-state index is 12.3. The van der Waals surface area contributed by atoms with E-state index in [0.717, 1.165) is 19.5 Å². The minimum atomic E-state index is -0.104. The Balaban J connectivity index is 2.72. The summed E-state index contributed by atoms with van der Waals surface area (Å²) < 4.78 is 0. The fourth-order valence-electron chi connectivity index (χ4n) is 2.07. The predicted molar refractivity (Wildman–Crippen MR) is 75.4 cm³/mol. The highest BCUT2D eigenvalue weighted by Gasteiger charge is 2.21. The van der Waals surface area contributed by atoms with Crippen molar-refractivity contribution in [1.82, 2.24) is 4.90 Å². The first-order valence-electron chi connectivity index (χ1n) is 6.66. The normalized spacial score (nSPS) is 12.2. The summed E-state index contributed by atoms with van der Waals surface area (Å²) in [5.74, 6) is 0.0654. The van der Waals surface area contributed by atoms with E-state index in [0.29, 0.717) is 6.54 Å². The molecule has 1 atom stereocenters. The van der Waals surface area contributed by atoms with Gasteiger partial charge in [0.15, 0.2) is 0 Å². The van der Waals surface area contributed by atoms with Gasteiger partial charge in [0.05, 0.1) is 5.92 Å². The highest BCUT2D eigenvalue weighted by Crippen LogP contribution is 2.12. The van der Waals surface area contributed by atoms with Gasteiger partial charge >= 0.3 is 0 Å². The summed E-state index contributed by atoms with van der Waals surface area (Å²) >= 11 is 0. The standard InChI is InChI=1S/C15H24N2O/c1-4-17(5-2)15(18)14(11-16)10-13-8-6-12(3)7-9-13/h6-9,14H,4-5,10-11,16H2,1-3H3. The molecular weight excluding hydrogens is 224 g/mol. The number of nitrogens with zero attached hydrogens (tertiary/aromatic N) is 1. The van der Waals surface area contributed by atoms with Crippen molar-refractivity contribution in [3.05, 3.63) is 35.4 Å². The van der Waals surface area contributed by atoms with Gasteiger partial charge in [-0.15, -0.1) is 0 Å². The second-order valence-electron chi connectivity index (χ2n) is 4.63. The lowest BCUT2D eigenvalue weighted by Crippen LogP contribution is -2.39. The maximum atomic E-state index is 12.3. The summed E-state index contributed by atoms with van der Waals surface area (Å²) in [5, 5.41) is 0. The Kier molecular flexibility index (Phi) is 5.86. The van der Waals surface area contributed by atoms with Crippen molar-refractivity contribution < 1.29 is 4.79 Å². The lowest BCUT2D eigenvalue weighted by molar-refractivity contribution is -0.134. The van der Waals surface area contributed by atoms with Gasteiger partial charge < -0.3 is 10.6 Å². The van der Waals surface area contributed by atoms with Crippen LogP contribution in [0.25, 0.3) is 0 Å².